The number of hydrogen-bond donors (Lipinski definition) is 1. The largest absolute Gasteiger partial charge is 0.351 e. The second-order valence-electron chi connectivity index (χ2n) is 6.06. The molecule has 5 heteroatoms. The predicted molar refractivity (Wildman–Crippen MR) is 82.9 cm³/mol. The summed E-state index contributed by atoms with van der Waals surface area (Å²) in [4.78, 5) is 13.9. The van der Waals surface area contributed by atoms with Gasteiger partial charge in [0, 0.05) is 37.9 Å². The van der Waals surface area contributed by atoms with Crippen molar-refractivity contribution in [1.29, 1.82) is 0 Å². The van der Waals surface area contributed by atoms with Gasteiger partial charge in [0.05, 0.1) is 11.9 Å². The smallest absolute Gasteiger partial charge is 0.147 e. The maximum atomic E-state index is 4.77. The minimum atomic E-state index is 0.464. The van der Waals surface area contributed by atoms with Crippen LogP contribution in [0.2, 0.25) is 0 Å². The molecule has 2 heterocycles. The van der Waals surface area contributed by atoms with Crippen LogP contribution in [0.15, 0.2) is 12.4 Å². The van der Waals surface area contributed by atoms with E-state index in [2.05, 4.69) is 47.9 Å². The Morgan fingerprint density at radius 3 is 2.90 bits per heavy atom. The average molecular weight is 277 g/mol. The fourth-order valence-electron chi connectivity index (χ4n) is 2.64. The zero-order valence-corrected chi connectivity index (χ0v) is 13.1. The Bertz CT molecular complexity index is 420. The summed E-state index contributed by atoms with van der Waals surface area (Å²) >= 11 is 0. The highest BCUT2D eigenvalue weighted by molar-refractivity contribution is 5.38. The van der Waals surface area contributed by atoms with Crippen LogP contribution in [0.25, 0.3) is 0 Å². The van der Waals surface area contributed by atoms with Gasteiger partial charge in [-0.15, -0.1) is 0 Å². The molecule has 2 rings (SSSR count). The van der Waals surface area contributed by atoms with Crippen LogP contribution < -0.4 is 10.2 Å². The minimum Gasteiger partial charge on any atom is -0.351 e. The van der Waals surface area contributed by atoms with E-state index >= 15 is 0 Å². The SMILES string of the molecule is CC(C)NCc1cncc(N2CCCN(C)CC2C)n1. The molecule has 0 aromatic carbocycles. The molecule has 1 aromatic rings. The molecule has 1 aliphatic heterocycles. The summed E-state index contributed by atoms with van der Waals surface area (Å²) in [7, 11) is 2.19. The van der Waals surface area contributed by atoms with Gasteiger partial charge in [-0.1, -0.05) is 13.8 Å². The fourth-order valence-corrected chi connectivity index (χ4v) is 2.64. The van der Waals surface area contributed by atoms with Crippen LogP contribution >= 0.6 is 0 Å². The zero-order chi connectivity index (χ0) is 14.5. The first-order chi connectivity index (χ1) is 9.56. The van der Waals surface area contributed by atoms with Crippen LogP contribution in [0.4, 0.5) is 5.82 Å². The van der Waals surface area contributed by atoms with Crippen molar-refractivity contribution in [2.24, 2.45) is 0 Å². The summed E-state index contributed by atoms with van der Waals surface area (Å²) < 4.78 is 0. The van der Waals surface area contributed by atoms with E-state index in [0.29, 0.717) is 12.1 Å². The average Bonchev–Trinajstić information content (AvgIpc) is 2.57. The van der Waals surface area contributed by atoms with Crippen LogP contribution in [0.5, 0.6) is 0 Å². The first-order valence-electron chi connectivity index (χ1n) is 7.55. The number of aromatic nitrogens is 2. The monoisotopic (exact) mass is 277 g/mol. The lowest BCUT2D eigenvalue weighted by Gasteiger charge is -2.29. The third-order valence-electron chi connectivity index (χ3n) is 3.70. The Labute approximate surface area is 122 Å². The van der Waals surface area contributed by atoms with Crippen molar-refractivity contribution in [2.75, 3.05) is 31.6 Å². The Balaban J connectivity index is 2.09. The highest BCUT2D eigenvalue weighted by Gasteiger charge is 2.21. The van der Waals surface area contributed by atoms with Gasteiger partial charge in [0.1, 0.15) is 5.82 Å². The number of likely N-dealkylation sites (N-methyl/N-ethyl adjacent to an activating group) is 1. The maximum absolute atomic E-state index is 4.77. The van der Waals surface area contributed by atoms with E-state index in [1.807, 2.05) is 12.4 Å². The number of nitrogens with one attached hydrogen (secondary N) is 1. The number of hydrogen-bond acceptors (Lipinski definition) is 5. The minimum absolute atomic E-state index is 0.464. The van der Waals surface area contributed by atoms with Crippen molar-refractivity contribution in [3.05, 3.63) is 18.1 Å². The normalized spacial score (nSPS) is 21.2. The topological polar surface area (TPSA) is 44.3 Å². The summed E-state index contributed by atoms with van der Waals surface area (Å²) in [6.45, 7) is 10.6. The van der Waals surface area contributed by atoms with Gasteiger partial charge in [-0.2, -0.15) is 0 Å². The van der Waals surface area contributed by atoms with Crippen molar-refractivity contribution >= 4 is 5.82 Å². The summed E-state index contributed by atoms with van der Waals surface area (Å²) in [6.07, 6.45) is 4.92. The second kappa shape index (κ2) is 6.99. The van der Waals surface area contributed by atoms with Crippen LogP contribution in [0.3, 0.4) is 0 Å². The maximum Gasteiger partial charge on any atom is 0.147 e. The lowest BCUT2D eigenvalue weighted by Crippen LogP contribution is -2.38. The molecule has 0 amide bonds. The van der Waals surface area contributed by atoms with Crippen molar-refractivity contribution in [2.45, 2.75) is 45.8 Å². The molecule has 1 unspecified atom stereocenters. The lowest BCUT2D eigenvalue weighted by molar-refractivity contribution is 0.337. The predicted octanol–water partition coefficient (Wildman–Crippen LogP) is 1.50. The summed E-state index contributed by atoms with van der Waals surface area (Å²) in [5, 5.41) is 3.39. The van der Waals surface area contributed by atoms with E-state index in [9.17, 15) is 0 Å². The molecule has 0 aliphatic carbocycles. The van der Waals surface area contributed by atoms with Gasteiger partial charge in [0.15, 0.2) is 0 Å². The summed E-state index contributed by atoms with van der Waals surface area (Å²) in [5.41, 5.74) is 1.01. The molecule has 1 saturated heterocycles. The van der Waals surface area contributed by atoms with Gasteiger partial charge in [0.2, 0.25) is 0 Å². The molecule has 0 radical (unpaired) electrons. The van der Waals surface area contributed by atoms with Gasteiger partial charge in [0.25, 0.3) is 0 Å². The molecule has 20 heavy (non-hydrogen) atoms. The molecule has 0 saturated carbocycles. The van der Waals surface area contributed by atoms with Crippen molar-refractivity contribution in [1.82, 2.24) is 20.2 Å². The number of nitrogens with zero attached hydrogens (tertiary/aromatic N) is 4. The Kier molecular flexibility index (Phi) is 5.31. The molecule has 1 atom stereocenters. The Morgan fingerprint density at radius 1 is 1.35 bits per heavy atom. The molecule has 1 aliphatic rings. The third-order valence-corrected chi connectivity index (χ3v) is 3.70. The van der Waals surface area contributed by atoms with E-state index in [4.69, 9.17) is 4.98 Å². The van der Waals surface area contributed by atoms with Gasteiger partial charge in [-0.3, -0.25) is 4.98 Å². The molecule has 112 valence electrons. The molecule has 0 bridgehead atoms. The van der Waals surface area contributed by atoms with Gasteiger partial charge >= 0.3 is 0 Å². The zero-order valence-electron chi connectivity index (χ0n) is 13.1. The van der Waals surface area contributed by atoms with Gasteiger partial charge in [-0.05, 0) is 26.9 Å². The number of anilines is 1. The van der Waals surface area contributed by atoms with E-state index in [1.165, 1.54) is 6.42 Å². The second-order valence-corrected chi connectivity index (χ2v) is 6.06. The molecule has 1 aromatic heterocycles. The summed E-state index contributed by atoms with van der Waals surface area (Å²) in [5.74, 6) is 1.01. The van der Waals surface area contributed by atoms with E-state index in [0.717, 1.165) is 37.7 Å². The van der Waals surface area contributed by atoms with E-state index in [-0.39, 0.29) is 0 Å². The Hall–Kier alpha value is -1.20. The van der Waals surface area contributed by atoms with E-state index in [1.54, 1.807) is 0 Å². The first kappa shape index (κ1) is 15.2. The van der Waals surface area contributed by atoms with Crippen LogP contribution in [0, 0.1) is 0 Å². The molecule has 0 spiro atoms. The highest BCUT2D eigenvalue weighted by atomic mass is 15.3. The molecule has 1 fully saturated rings. The molecular weight excluding hydrogens is 250 g/mol. The van der Waals surface area contributed by atoms with Gasteiger partial charge < -0.3 is 15.1 Å². The third kappa shape index (κ3) is 4.15. The lowest BCUT2D eigenvalue weighted by atomic mass is 10.2. The quantitative estimate of drug-likeness (QED) is 0.903. The van der Waals surface area contributed by atoms with Crippen LogP contribution in [-0.4, -0.2) is 53.6 Å². The molecule has 1 N–H and O–H groups in total. The first-order valence-corrected chi connectivity index (χ1v) is 7.55. The standard InChI is InChI=1S/C15H27N5/c1-12(2)17-9-14-8-16-10-15(18-14)20-7-5-6-19(4)11-13(20)3/h8,10,12-13,17H,5-7,9,11H2,1-4H3. The molecule has 5 nitrogen and oxygen atoms in total. The van der Waals surface area contributed by atoms with Crippen molar-refractivity contribution in [3.8, 4) is 0 Å². The van der Waals surface area contributed by atoms with Crippen LogP contribution in [-0.2, 0) is 6.54 Å². The van der Waals surface area contributed by atoms with Crippen molar-refractivity contribution in [3.63, 3.8) is 0 Å². The summed E-state index contributed by atoms with van der Waals surface area (Å²) in [6, 6.07) is 0.941. The highest BCUT2D eigenvalue weighted by Crippen LogP contribution is 2.17. The number of rotatable bonds is 4. The van der Waals surface area contributed by atoms with E-state index < -0.39 is 0 Å². The Morgan fingerprint density at radius 2 is 2.15 bits per heavy atom. The van der Waals surface area contributed by atoms with Crippen molar-refractivity contribution < 1.29 is 0 Å². The fraction of sp³-hybridized carbons (Fsp3) is 0.733. The van der Waals surface area contributed by atoms with Crippen LogP contribution in [0.1, 0.15) is 32.9 Å². The molecular formula is C15H27N5. The van der Waals surface area contributed by atoms with Gasteiger partial charge in [-0.25, -0.2) is 4.98 Å².